The zero-order valence-corrected chi connectivity index (χ0v) is 19.0. The SMILES string of the molecule is CCCC(NC(=O)c1cnn(-c2ccc(Cl)cc2)c1C)c1cncc(S(=O)(=O)NC)c1. The highest BCUT2D eigenvalue weighted by atomic mass is 35.5. The summed E-state index contributed by atoms with van der Waals surface area (Å²) in [7, 11) is -2.29. The summed E-state index contributed by atoms with van der Waals surface area (Å²) in [5, 5.41) is 7.94. The third-order valence-electron chi connectivity index (χ3n) is 4.92. The summed E-state index contributed by atoms with van der Waals surface area (Å²) in [6.45, 7) is 3.80. The Balaban J connectivity index is 1.87. The van der Waals surface area contributed by atoms with E-state index in [0.29, 0.717) is 28.3 Å². The van der Waals surface area contributed by atoms with Gasteiger partial charge in [-0.3, -0.25) is 9.78 Å². The van der Waals surface area contributed by atoms with Crippen LogP contribution in [0.4, 0.5) is 0 Å². The molecule has 0 bridgehead atoms. The second-order valence-corrected chi connectivity index (χ2v) is 9.33. The molecular formula is C21H24ClN5O3S. The molecule has 0 radical (unpaired) electrons. The van der Waals surface area contributed by atoms with Gasteiger partial charge in [0.05, 0.1) is 29.2 Å². The van der Waals surface area contributed by atoms with Crippen molar-refractivity contribution in [1.29, 1.82) is 0 Å². The van der Waals surface area contributed by atoms with Gasteiger partial charge in [-0.15, -0.1) is 0 Å². The molecule has 0 fully saturated rings. The van der Waals surface area contributed by atoms with Gasteiger partial charge in [0.1, 0.15) is 4.90 Å². The number of hydrogen-bond donors (Lipinski definition) is 2. The van der Waals surface area contributed by atoms with E-state index in [1.807, 2.05) is 26.0 Å². The maximum atomic E-state index is 13.0. The first-order valence-corrected chi connectivity index (χ1v) is 11.6. The number of sulfonamides is 1. The highest BCUT2D eigenvalue weighted by Crippen LogP contribution is 2.22. The van der Waals surface area contributed by atoms with Gasteiger partial charge >= 0.3 is 0 Å². The zero-order chi connectivity index (χ0) is 22.6. The predicted octanol–water partition coefficient (Wildman–Crippen LogP) is 3.41. The molecule has 0 aliphatic rings. The van der Waals surface area contributed by atoms with E-state index in [2.05, 4.69) is 20.1 Å². The molecule has 164 valence electrons. The summed E-state index contributed by atoms with van der Waals surface area (Å²) >= 11 is 5.95. The monoisotopic (exact) mass is 461 g/mol. The topological polar surface area (TPSA) is 106 Å². The fourth-order valence-corrected chi connectivity index (χ4v) is 4.07. The van der Waals surface area contributed by atoms with Gasteiger partial charge in [0.25, 0.3) is 5.91 Å². The fourth-order valence-electron chi connectivity index (χ4n) is 3.21. The quantitative estimate of drug-likeness (QED) is 0.534. The highest BCUT2D eigenvalue weighted by Gasteiger charge is 2.21. The number of amides is 1. The molecule has 1 amide bonds. The number of hydrogen-bond acceptors (Lipinski definition) is 5. The number of carbonyl (C=O) groups is 1. The number of rotatable bonds is 8. The molecule has 1 unspecified atom stereocenters. The molecule has 1 atom stereocenters. The van der Waals surface area contributed by atoms with Gasteiger partial charge in [0, 0.05) is 17.4 Å². The first-order valence-electron chi connectivity index (χ1n) is 9.76. The van der Waals surface area contributed by atoms with Crippen LogP contribution in [-0.2, 0) is 10.0 Å². The van der Waals surface area contributed by atoms with E-state index in [-0.39, 0.29) is 10.8 Å². The van der Waals surface area contributed by atoms with E-state index in [0.717, 1.165) is 12.1 Å². The largest absolute Gasteiger partial charge is 0.345 e. The van der Waals surface area contributed by atoms with Crippen molar-refractivity contribution in [2.75, 3.05) is 7.05 Å². The maximum Gasteiger partial charge on any atom is 0.255 e. The minimum atomic E-state index is -3.63. The second kappa shape index (κ2) is 9.59. The Bertz CT molecular complexity index is 1180. The van der Waals surface area contributed by atoms with E-state index in [1.165, 1.54) is 25.5 Å². The van der Waals surface area contributed by atoms with Crippen LogP contribution in [0.25, 0.3) is 5.69 Å². The van der Waals surface area contributed by atoms with E-state index < -0.39 is 16.1 Å². The Morgan fingerprint density at radius 1 is 1.19 bits per heavy atom. The number of halogens is 1. The fraction of sp³-hybridized carbons (Fsp3) is 0.286. The van der Waals surface area contributed by atoms with Crippen LogP contribution < -0.4 is 10.0 Å². The molecule has 0 aliphatic carbocycles. The smallest absolute Gasteiger partial charge is 0.255 e. The number of nitrogens with zero attached hydrogens (tertiary/aromatic N) is 3. The van der Waals surface area contributed by atoms with Crippen LogP contribution in [-0.4, -0.2) is 36.1 Å². The summed E-state index contributed by atoms with van der Waals surface area (Å²) in [6, 6.07) is 8.30. The first-order chi connectivity index (χ1) is 14.8. The zero-order valence-electron chi connectivity index (χ0n) is 17.5. The number of benzene rings is 1. The third-order valence-corrected chi connectivity index (χ3v) is 6.56. The standard InChI is InChI=1S/C21H24ClN5O3S/c1-4-5-20(15-10-18(12-24-11-15)31(29,30)23-3)26-21(28)19-13-25-27(14(19)2)17-8-6-16(22)7-9-17/h6-13,20,23H,4-5H2,1-3H3,(H,26,28). The van der Waals surface area contributed by atoms with Crippen LogP contribution in [0.2, 0.25) is 5.02 Å². The van der Waals surface area contributed by atoms with E-state index >= 15 is 0 Å². The summed E-state index contributed by atoms with van der Waals surface area (Å²) in [6.07, 6.45) is 5.78. The van der Waals surface area contributed by atoms with Crippen LogP contribution in [0.15, 0.2) is 53.8 Å². The molecule has 2 N–H and O–H groups in total. The van der Waals surface area contributed by atoms with Crippen LogP contribution in [0, 0.1) is 6.92 Å². The Kier molecular flexibility index (Phi) is 7.09. The van der Waals surface area contributed by atoms with Gasteiger partial charge in [0.15, 0.2) is 0 Å². The van der Waals surface area contributed by atoms with Crippen molar-refractivity contribution >= 4 is 27.5 Å². The molecule has 2 aromatic heterocycles. The molecule has 3 rings (SSSR count). The summed E-state index contributed by atoms with van der Waals surface area (Å²) < 4.78 is 28.2. The lowest BCUT2D eigenvalue weighted by Gasteiger charge is -2.19. The van der Waals surface area contributed by atoms with E-state index in [1.54, 1.807) is 23.0 Å². The van der Waals surface area contributed by atoms with Crippen LogP contribution >= 0.6 is 11.6 Å². The molecule has 0 saturated carbocycles. The van der Waals surface area contributed by atoms with E-state index in [4.69, 9.17) is 11.6 Å². The lowest BCUT2D eigenvalue weighted by molar-refractivity contribution is 0.0933. The van der Waals surface area contributed by atoms with Gasteiger partial charge in [-0.2, -0.15) is 5.10 Å². The summed E-state index contributed by atoms with van der Waals surface area (Å²) in [4.78, 5) is 17.1. The minimum absolute atomic E-state index is 0.0505. The Labute approximate surface area is 186 Å². The van der Waals surface area contributed by atoms with E-state index in [9.17, 15) is 13.2 Å². The van der Waals surface area contributed by atoms with Gasteiger partial charge in [-0.05, 0) is 56.3 Å². The van der Waals surface area contributed by atoms with Crippen LogP contribution in [0.5, 0.6) is 0 Å². The molecule has 1 aromatic carbocycles. The molecular weight excluding hydrogens is 438 g/mol. The van der Waals surface area contributed by atoms with Crippen molar-refractivity contribution in [2.24, 2.45) is 0 Å². The average molecular weight is 462 g/mol. The van der Waals surface area contributed by atoms with Crippen molar-refractivity contribution in [3.63, 3.8) is 0 Å². The summed E-state index contributed by atoms with van der Waals surface area (Å²) in [5.41, 5.74) is 2.53. The average Bonchev–Trinajstić information content (AvgIpc) is 3.15. The van der Waals surface area contributed by atoms with Gasteiger partial charge in [-0.25, -0.2) is 17.8 Å². The number of aromatic nitrogens is 3. The van der Waals surface area contributed by atoms with Crippen molar-refractivity contribution in [2.45, 2.75) is 37.6 Å². The predicted molar refractivity (Wildman–Crippen MR) is 119 cm³/mol. The molecule has 31 heavy (non-hydrogen) atoms. The Hall–Kier alpha value is -2.75. The van der Waals surface area contributed by atoms with Crippen molar-refractivity contribution in [3.8, 4) is 5.69 Å². The minimum Gasteiger partial charge on any atom is -0.345 e. The van der Waals surface area contributed by atoms with Crippen LogP contribution in [0.1, 0.15) is 47.4 Å². The normalized spacial score (nSPS) is 12.5. The Morgan fingerprint density at radius 2 is 1.90 bits per heavy atom. The second-order valence-electron chi connectivity index (χ2n) is 7.01. The highest BCUT2D eigenvalue weighted by molar-refractivity contribution is 7.89. The molecule has 0 aliphatic heterocycles. The van der Waals surface area contributed by atoms with Crippen LogP contribution in [0.3, 0.4) is 0 Å². The van der Waals surface area contributed by atoms with Crippen molar-refractivity contribution in [1.82, 2.24) is 24.8 Å². The molecule has 2 heterocycles. The summed E-state index contributed by atoms with van der Waals surface area (Å²) in [5.74, 6) is -0.293. The number of carbonyl (C=O) groups excluding carboxylic acids is 1. The molecule has 8 nitrogen and oxygen atoms in total. The van der Waals surface area contributed by atoms with Gasteiger partial charge in [0.2, 0.25) is 10.0 Å². The molecule has 3 aromatic rings. The molecule has 0 saturated heterocycles. The first kappa shape index (κ1) is 22.9. The molecule has 0 spiro atoms. The van der Waals surface area contributed by atoms with Gasteiger partial charge < -0.3 is 5.32 Å². The van der Waals surface area contributed by atoms with Crippen molar-refractivity contribution in [3.05, 3.63) is 70.8 Å². The number of nitrogens with one attached hydrogen (secondary N) is 2. The van der Waals surface area contributed by atoms with Gasteiger partial charge in [-0.1, -0.05) is 24.9 Å². The lowest BCUT2D eigenvalue weighted by atomic mass is 10.0. The molecule has 10 heteroatoms. The Morgan fingerprint density at radius 3 is 2.55 bits per heavy atom. The maximum absolute atomic E-state index is 13.0. The third kappa shape index (κ3) is 5.12. The number of pyridine rings is 1. The lowest BCUT2D eigenvalue weighted by Crippen LogP contribution is -2.29. The van der Waals surface area contributed by atoms with Crippen molar-refractivity contribution < 1.29 is 13.2 Å².